The van der Waals surface area contributed by atoms with Gasteiger partial charge in [-0.3, -0.25) is 5.41 Å². The van der Waals surface area contributed by atoms with Gasteiger partial charge in [0.15, 0.2) is 0 Å². The first-order valence-corrected chi connectivity index (χ1v) is 8.13. The Morgan fingerprint density at radius 2 is 1.44 bits per heavy atom. The highest BCUT2D eigenvalue weighted by Crippen LogP contribution is 2.44. The van der Waals surface area contributed by atoms with Gasteiger partial charge in [0, 0.05) is 19.0 Å². The van der Waals surface area contributed by atoms with Gasteiger partial charge in [0.2, 0.25) is 0 Å². The van der Waals surface area contributed by atoms with Crippen LogP contribution in [0.15, 0.2) is 0 Å². The van der Waals surface area contributed by atoms with Crippen LogP contribution in [0.4, 0.5) is 0 Å². The molecule has 0 aromatic rings. The lowest BCUT2D eigenvalue weighted by Crippen LogP contribution is -2.45. The number of likely N-dealkylation sites (tertiary alicyclic amines) is 1. The van der Waals surface area contributed by atoms with E-state index in [2.05, 4.69) is 4.90 Å². The fraction of sp³-hybridized carbons (Fsp3) is 0.938. The Bertz CT molecular complexity index is 288. The molecule has 18 heavy (non-hydrogen) atoms. The molecule has 2 aliphatic carbocycles. The highest BCUT2D eigenvalue weighted by molar-refractivity contribution is 5.82. The van der Waals surface area contributed by atoms with E-state index in [0.717, 1.165) is 5.84 Å². The van der Waals surface area contributed by atoms with E-state index < -0.39 is 0 Å². The summed E-state index contributed by atoms with van der Waals surface area (Å²) in [5.41, 5.74) is 0.685. The average molecular weight is 248 g/mol. The second-order valence-electron chi connectivity index (χ2n) is 6.91. The van der Waals surface area contributed by atoms with Crippen LogP contribution in [0, 0.1) is 16.7 Å². The zero-order chi connectivity index (χ0) is 12.4. The van der Waals surface area contributed by atoms with Crippen molar-refractivity contribution in [2.75, 3.05) is 13.1 Å². The number of rotatable bonds is 1. The number of hydrogen-bond acceptors (Lipinski definition) is 1. The number of nitrogens with zero attached hydrogens (tertiary/aromatic N) is 1. The molecule has 1 heterocycles. The van der Waals surface area contributed by atoms with Crippen LogP contribution < -0.4 is 0 Å². The second kappa shape index (κ2) is 5.22. The molecule has 0 bridgehead atoms. The Morgan fingerprint density at radius 3 is 2.06 bits per heavy atom. The molecule has 0 amide bonds. The maximum Gasteiger partial charge on any atom is 0.0989 e. The van der Waals surface area contributed by atoms with E-state index in [1.165, 1.54) is 83.7 Å². The molecular weight excluding hydrogens is 220 g/mol. The molecule has 1 saturated heterocycles. The van der Waals surface area contributed by atoms with Crippen LogP contribution in [-0.4, -0.2) is 23.8 Å². The van der Waals surface area contributed by atoms with E-state index in [-0.39, 0.29) is 0 Å². The van der Waals surface area contributed by atoms with Gasteiger partial charge in [-0.15, -0.1) is 0 Å². The molecule has 0 unspecified atom stereocenters. The largest absolute Gasteiger partial charge is 0.360 e. The molecular formula is C16H28N2. The van der Waals surface area contributed by atoms with E-state index in [9.17, 15) is 0 Å². The molecule has 1 aliphatic heterocycles. The molecule has 102 valence electrons. The molecule has 2 nitrogen and oxygen atoms in total. The first-order chi connectivity index (χ1) is 8.79. The van der Waals surface area contributed by atoms with Crippen LogP contribution in [0.1, 0.15) is 70.6 Å². The summed E-state index contributed by atoms with van der Waals surface area (Å²) in [7, 11) is 0. The van der Waals surface area contributed by atoms with Gasteiger partial charge in [-0.1, -0.05) is 32.1 Å². The third-order valence-corrected chi connectivity index (χ3v) is 5.82. The lowest BCUT2D eigenvalue weighted by Gasteiger charge is -2.45. The van der Waals surface area contributed by atoms with Crippen molar-refractivity contribution in [3.63, 3.8) is 0 Å². The predicted octanol–water partition coefficient (Wildman–Crippen LogP) is 4.20. The van der Waals surface area contributed by atoms with Gasteiger partial charge in [0.05, 0.1) is 5.84 Å². The van der Waals surface area contributed by atoms with Crippen molar-refractivity contribution in [1.82, 2.24) is 4.90 Å². The van der Waals surface area contributed by atoms with Crippen molar-refractivity contribution in [3.8, 4) is 0 Å². The van der Waals surface area contributed by atoms with Crippen LogP contribution >= 0.6 is 0 Å². The van der Waals surface area contributed by atoms with Crippen molar-refractivity contribution in [2.45, 2.75) is 70.6 Å². The molecule has 1 spiro atoms. The van der Waals surface area contributed by atoms with Gasteiger partial charge in [-0.25, -0.2) is 0 Å². The van der Waals surface area contributed by atoms with Crippen molar-refractivity contribution in [2.24, 2.45) is 11.3 Å². The summed E-state index contributed by atoms with van der Waals surface area (Å²) >= 11 is 0. The van der Waals surface area contributed by atoms with E-state index >= 15 is 0 Å². The fourth-order valence-electron chi connectivity index (χ4n) is 4.48. The highest BCUT2D eigenvalue weighted by Gasteiger charge is 2.37. The minimum atomic E-state index is 0.602. The topological polar surface area (TPSA) is 27.1 Å². The molecule has 0 aromatic heterocycles. The minimum absolute atomic E-state index is 0.602. The Hall–Kier alpha value is -0.530. The minimum Gasteiger partial charge on any atom is -0.360 e. The standard InChI is InChI=1S/C16H28N2/c17-15(14-6-2-3-7-14)18-12-10-16(11-13-18)8-4-1-5-9-16/h14,17H,1-13H2. The van der Waals surface area contributed by atoms with Crippen molar-refractivity contribution in [3.05, 3.63) is 0 Å². The van der Waals surface area contributed by atoms with Crippen LogP contribution in [-0.2, 0) is 0 Å². The molecule has 2 saturated carbocycles. The summed E-state index contributed by atoms with van der Waals surface area (Å²) < 4.78 is 0. The molecule has 1 N–H and O–H groups in total. The Kier molecular flexibility index (Phi) is 3.63. The van der Waals surface area contributed by atoms with Gasteiger partial charge < -0.3 is 4.90 Å². The summed E-state index contributed by atoms with van der Waals surface area (Å²) in [5.74, 6) is 1.59. The maximum atomic E-state index is 8.41. The number of hydrogen-bond donors (Lipinski definition) is 1. The Labute approximate surface area is 112 Å². The average Bonchev–Trinajstić information content (AvgIpc) is 2.94. The molecule has 0 aromatic carbocycles. The summed E-state index contributed by atoms with van der Waals surface area (Å²) in [4.78, 5) is 2.41. The Morgan fingerprint density at radius 1 is 0.833 bits per heavy atom. The van der Waals surface area contributed by atoms with Gasteiger partial charge in [0.1, 0.15) is 0 Å². The molecule has 2 heteroatoms. The SMILES string of the molecule is N=C(C1CCCC1)N1CCC2(CCCCC2)CC1. The summed E-state index contributed by atoms with van der Waals surface area (Å²) in [6.07, 6.45) is 15.3. The third kappa shape index (κ3) is 2.44. The van der Waals surface area contributed by atoms with E-state index in [0.29, 0.717) is 11.3 Å². The second-order valence-corrected chi connectivity index (χ2v) is 6.91. The number of nitrogens with one attached hydrogen (secondary N) is 1. The van der Waals surface area contributed by atoms with Gasteiger partial charge in [-0.05, 0) is 43.9 Å². The normalized spacial score (nSPS) is 28.8. The summed E-state index contributed by atoms with van der Waals surface area (Å²) in [6.45, 7) is 2.35. The van der Waals surface area contributed by atoms with Crippen molar-refractivity contribution >= 4 is 5.84 Å². The Balaban J connectivity index is 1.54. The highest BCUT2D eigenvalue weighted by atomic mass is 15.2. The van der Waals surface area contributed by atoms with Crippen molar-refractivity contribution in [1.29, 1.82) is 5.41 Å². The molecule has 3 aliphatic rings. The third-order valence-electron chi connectivity index (χ3n) is 5.82. The number of piperidine rings is 1. The lowest BCUT2D eigenvalue weighted by atomic mass is 9.68. The molecule has 3 rings (SSSR count). The zero-order valence-electron chi connectivity index (χ0n) is 11.7. The lowest BCUT2D eigenvalue weighted by molar-refractivity contribution is 0.0953. The fourth-order valence-corrected chi connectivity index (χ4v) is 4.48. The van der Waals surface area contributed by atoms with E-state index in [1.54, 1.807) is 0 Å². The van der Waals surface area contributed by atoms with E-state index in [4.69, 9.17) is 5.41 Å². The summed E-state index contributed by atoms with van der Waals surface area (Å²) in [6, 6.07) is 0. The molecule has 0 radical (unpaired) electrons. The quantitative estimate of drug-likeness (QED) is 0.546. The number of amidine groups is 1. The van der Waals surface area contributed by atoms with Crippen LogP contribution in [0.5, 0.6) is 0 Å². The summed E-state index contributed by atoms with van der Waals surface area (Å²) in [5, 5.41) is 8.41. The zero-order valence-corrected chi connectivity index (χ0v) is 11.7. The van der Waals surface area contributed by atoms with Crippen molar-refractivity contribution < 1.29 is 0 Å². The van der Waals surface area contributed by atoms with Crippen LogP contribution in [0.25, 0.3) is 0 Å². The molecule has 3 fully saturated rings. The van der Waals surface area contributed by atoms with Gasteiger partial charge in [-0.2, -0.15) is 0 Å². The smallest absolute Gasteiger partial charge is 0.0989 e. The first-order valence-electron chi connectivity index (χ1n) is 8.13. The molecule has 0 atom stereocenters. The van der Waals surface area contributed by atoms with Gasteiger partial charge >= 0.3 is 0 Å². The van der Waals surface area contributed by atoms with E-state index in [1.807, 2.05) is 0 Å². The predicted molar refractivity (Wildman–Crippen MR) is 76.0 cm³/mol. The van der Waals surface area contributed by atoms with Crippen LogP contribution in [0.3, 0.4) is 0 Å². The van der Waals surface area contributed by atoms with Gasteiger partial charge in [0.25, 0.3) is 0 Å². The van der Waals surface area contributed by atoms with Crippen LogP contribution in [0.2, 0.25) is 0 Å². The maximum absolute atomic E-state index is 8.41. The monoisotopic (exact) mass is 248 g/mol. The first kappa shape index (κ1) is 12.5.